The largest absolute Gasteiger partial charge is 0.488 e. The van der Waals surface area contributed by atoms with Crippen molar-refractivity contribution in [2.24, 2.45) is 0 Å². The molecular weight excluding hydrogens is 243 g/mol. The molecule has 0 atom stereocenters. The SMILES string of the molecule is O=C1C(=Cc2ccccc2F)COc2ccccc21. The fourth-order valence-corrected chi connectivity index (χ4v) is 2.06. The maximum absolute atomic E-state index is 13.6. The van der Waals surface area contributed by atoms with Crippen LogP contribution in [0.3, 0.4) is 0 Å². The van der Waals surface area contributed by atoms with Crippen molar-refractivity contribution >= 4 is 11.9 Å². The van der Waals surface area contributed by atoms with Gasteiger partial charge >= 0.3 is 0 Å². The van der Waals surface area contributed by atoms with E-state index in [0.717, 1.165) is 0 Å². The summed E-state index contributed by atoms with van der Waals surface area (Å²) in [6.45, 7) is 0.171. The van der Waals surface area contributed by atoms with Crippen LogP contribution in [0.4, 0.5) is 4.39 Å². The summed E-state index contributed by atoms with van der Waals surface area (Å²) >= 11 is 0. The Kier molecular flexibility index (Phi) is 2.88. The number of carbonyl (C=O) groups excluding carboxylic acids is 1. The highest BCUT2D eigenvalue weighted by Crippen LogP contribution is 2.27. The van der Waals surface area contributed by atoms with Crippen molar-refractivity contribution in [3.8, 4) is 5.75 Å². The van der Waals surface area contributed by atoms with Crippen LogP contribution in [0.25, 0.3) is 6.08 Å². The molecule has 19 heavy (non-hydrogen) atoms. The molecule has 0 aromatic heterocycles. The lowest BCUT2D eigenvalue weighted by Crippen LogP contribution is -2.18. The molecule has 0 aliphatic carbocycles. The zero-order valence-corrected chi connectivity index (χ0v) is 10.1. The molecule has 2 aromatic carbocycles. The van der Waals surface area contributed by atoms with Gasteiger partial charge in [0.25, 0.3) is 0 Å². The molecule has 2 nitrogen and oxygen atoms in total. The summed E-state index contributed by atoms with van der Waals surface area (Å²) in [7, 11) is 0. The van der Waals surface area contributed by atoms with Gasteiger partial charge in [0, 0.05) is 11.1 Å². The van der Waals surface area contributed by atoms with Gasteiger partial charge in [-0.25, -0.2) is 4.39 Å². The smallest absolute Gasteiger partial charge is 0.196 e. The summed E-state index contributed by atoms with van der Waals surface area (Å²) in [4.78, 5) is 12.3. The van der Waals surface area contributed by atoms with E-state index in [1.807, 2.05) is 6.07 Å². The Hall–Kier alpha value is -2.42. The summed E-state index contributed by atoms with van der Waals surface area (Å²) in [6, 6.07) is 13.4. The predicted molar refractivity (Wildman–Crippen MR) is 70.6 cm³/mol. The first kappa shape index (κ1) is 11.7. The van der Waals surface area contributed by atoms with E-state index in [1.54, 1.807) is 42.5 Å². The topological polar surface area (TPSA) is 26.3 Å². The maximum atomic E-state index is 13.6. The van der Waals surface area contributed by atoms with E-state index >= 15 is 0 Å². The van der Waals surface area contributed by atoms with Crippen LogP contribution >= 0.6 is 0 Å². The minimum Gasteiger partial charge on any atom is -0.488 e. The summed E-state index contributed by atoms with van der Waals surface area (Å²) in [5.74, 6) is 0.130. The molecule has 0 bridgehead atoms. The predicted octanol–water partition coefficient (Wildman–Crippen LogP) is 3.48. The van der Waals surface area contributed by atoms with Crippen LogP contribution in [0, 0.1) is 5.82 Å². The Balaban J connectivity index is 2.01. The summed E-state index contributed by atoms with van der Waals surface area (Å²) in [6.07, 6.45) is 1.55. The molecule has 1 heterocycles. The number of hydrogen-bond acceptors (Lipinski definition) is 2. The molecule has 0 unspecified atom stereocenters. The zero-order valence-electron chi connectivity index (χ0n) is 10.1. The van der Waals surface area contributed by atoms with E-state index in [9.17, 15) is 9.18 Å². The first-order valence-corrected chi connectivity index (χ1v) is 5.97. The van der Waals surface area contributed by atoms with Crippen molar-refractivity contribution in [2.75, 3.05) is 6.61 Å². The van der Waals surface area contributed by atoms with Crippen molar-refractivity contribution in [2.45, 2.75) is 0 Å². The Labute approximate surface area is 110 Å². The summed E-state index contributed by atoms with van der Waals surface area (Å²) < 4.78 is 19.1. The van der Waals surface area contributed by atoms with Gasteiger partial charge in [0.05, 0.1) is 5.56 Å². The molecule has 1 aliphatic rings. The third kappa shape index (κ3) is 2.15. The van der Waals surface area contributed by atoms with E-state index in [0.29, 0.717) is 22.4 Å². The number of ketones is 1. The highest BCUT2D eigenvalue weighted by atomic mass is 19.1. The van der Waals surface area contributed by atoms with Gasteiger partial charge < -0.3 is 4.74 Å². The van der Waals surface area contributed by atoms with Crippen LogP contribution in [0.15, 0.2) is 54.1 Å². The van der Waals surface area contributed by atoms with Gasteiger partial charge in [0.1, 0.15) is 18.2 Å². The molecule has 1 aliphatic heterocycles. The molecule has 3 rings (SSSR count). The lowest BCUT2D eigenvalue weighted by molar-refractivity contribution is 0.100. The van der Waals surface area contributed by atoms with E-state index in [1.165, 1.54) is 6.07 Å². The van der Waals surface area contributed by atoms with Gasteiger partial charge in [-0.05, 0) is 24.3 Å². The van der Waals surface area contributed by atoms with Crippen LogP contribution in [0.2, 0.25) is 0 Å². The van der Waals surface area contributed by atoms with Crippen molar-refractivity contribution in [1.82, 2.24) is 0 Å². The Bertz CT molecular complexity index is 674. The number of carbonyl (C=O) groups is 1. The van der Waals surface area contributed by atoms with Gasteiger partial charge in [0.2, 0.25) is 0 Å². The highest BCUT2D eigenvalue weighted by Gasteiger charge is 2.22. The lowest BCUT2D eigenvalue weighted by Gasteiger charge is -2.18. The second-order valence-electron chi connectivity index (χ2n) is 4.31. The molecule has 0 N–H and O–H groups in total. The molecule has 94 valence electrons. The number of Topliss-reactive ketones (excluding diaryl/α,β-unsaturated/α-hetero) is 1. The number of hydrogen-bond donors (Lipinski definition) is 0. The number of halogens is 1. The van der Waals surface area contributed by atoms with Crippen molar-refractivity contribution < 1.29 is 13.9 Å². The monoisotopic (exact) mass is 254 g/mol. The zero-order chi connectivity index (χ0) is 13.2. The Morgan fingerprint density at radius 1 is 1.05 bits per heavy atom. The third-order valence-corrected chi connectivity index (χ3v) is 3.04. The molecule has 0 radical (unpaired) electrons. The van der Waals surface area contributed by atoms with E-state index < -0.39 is 0 Å². The minimum atomic E-state index is -0.346. The third-order valence-electron chi connectivity index (χ3n) is 3.04. The highest BCUT2D eigenvalue weighted by molar-refractivity contribution is 6.14. The first-order valence-electron chi connectivity index (χ1n) is 5.97. The minimum absolute atomic E-state index is 0.106. The van der Waals surface area contributed by atoms with E-state index in [4.69, 9.17) is 4.74 Å². The second kappa shape index (κ2) is 4.69. The fourth-order valence-electron chi connectivity index (χ4n) is 2.06. The van der Waals surface area contributed by atoms with Crippen LogP contribution in [-0.4, -0.2) is 12.4 Å². The van der Waals surface area contributed by atoms with Gasteiger partial charge in [-0.1, -0.05) is 30.3 Å². The fraction of sp³-hybridized carbons (Fsp3) is 0.0625. The Morgan fingerprint density at radius 2 is 1.79 bits per heavy atom. The van der Waals surface area contributed by atoms with Gasteiger partial charge in [-0.2, -0.15) is 0 Å². The van der Waals surface area contributed by atoms with E-state index in [-0.39, 0.29) is 18.2 Å². The van der Waals surface area contributed by atoms with Gasteiger partial charge in [-0.3, -0.25) is 4.79 Å². The van der Waals surface area contributed by atoms with Crippen molar-refractivity contribution in [3.05, 3.63) is 71.0 Å². The van der Waals surface area contributed by atoms with E-state index in [2.05, 4.69) is 0 Å². The second-order valence-corrected chi connectivity index (χ2v) is 4.31. The number of para-hydroxylation sites is 1. The molecule has 0 saturated heterocycles. The van der Waals surface area contributed by atoms with Gasteiger partial charge in [-0.15, -0.1) is 0 Å². The average molecular weight is 254 g/mol. The molecule has 0 amide bonds. The maximum Gasteiger partial charge on any atom is 0.196 e. The number of fused-ring (bicyclic) bond motifs is 1. The average Bonchev–Trinajstić information content (AvgIpc) is 2.44. The van der Waals surface area contributed by atoms with Gasteiger partial charge in [0.15, 0.2) is 5.78 Å². The van der Waals surface area contributed by atoms with Crippen LogP contribution in [-0.2, 0) is 0 Å². The van der Waals surface area contributed by atoms with Crippen LogP contribution in [0.5, 0.6) is 5.75 Å². The van der Waals surface area contributed by atoms with Crippen LogP contribution < -0.4 is 4.74 Å². The normalized spacial score (nSPS) is 16.1. The summed E-state index contributed by atoms with van der Waals surface area (Å²) in [5.41, 5.74) is 1.38. The first-order chi connectivity index (χ1) is 9.25. The van der Waals surface area contributed by atoms with Crippen molar-refractivity contribution in [3.63, 3.8) is 0 Å². The molecule has 0 fully saturated rings. The Morgan fingerprint density at radius 3 is 2.63 bits per heavy atom. The van der Waals surface area contributed by atoms with Crippen molar-refractivity contribution in [1.29, 1.82) is 0 Å². The quantitative estimate of drug-likeness (QED) is 0.728. The molecule has 3 heteroatoms. The summed E-state index contributed by atoms with van der Waals surface area (Å²) in [5, 5.41) is 0. The lowest BCUT2D eigenvalue weighted by atomic mass is 9.98. The molecule has 0 saturated carbocycles. The molecule has 0 spiro atoms. The van der Waals surface area contributed by atoms with Crippen LogP contribution in [0.1, 0.15) is 15.9 Å². The number of rotatable bonds is 1. The molecular formula is C16H11FO2. The number of ether oxygens (including phenoxy) is 1. The number of benzene rings is 2. The molecule has 2 aromatic rings. The standard InChI is InChI=1S/C16H11FO2/c17-14-7-3-1-5-11(14)9-12-10-19-15-8-4-2-6-13(15)16(12)18/h1-9H,10H2.